The molecule has 3 N–H and O–H groups in total. The highest BCUT2D eigenvalue weighted by atomic mass is 35.5. The first kappa shape index (κ1) is 20.2. The quantitative estimate of drug-likeness (QED) is 0.779. The molecule has 23 heavy (non-hydrogen) atoms. The average molecular weight is 348 g/mol. The lowest BCUT2D eigenvalue weighted by Gasteiger charge is -2.36. The Hall–Kier alpha value is -0.850. The first-order chi connectivity index (χ1) is 10.6. The van der Waals surface area contributed by atoms with Gasteiger partial charge in [0, 0.05) is 38.8 Å². The Bertz CT molecular complexity index is 389. The van der Waals surface area contributed by atoms with Crippen molar-refractivity contribution in [2.45, 2.75) is 57.5 Å². The Kier molecular flexibility index (Phi) is 8.87. The van der Waals surface area contributed by atoms with Crippen LogP contribution in [0.5, 0.6) is 0 Å². The van der Waals surface area contributed by atoms with Crippen LogP contribution in [-0.4, -0.2) is 55.1 Å². The van der Waals surface area contributed by atoms with Crippen LogP contribution in [0.2, 0.25) is 0 Å². The van der Waals surface area contributed by atoms with Crippen LogP contribution in [-0.2, 0) is 14.3 Å². The molecule has 0 aromatic carbocycles. The molecule has 2 aliphatic heterocycles. The van der Waals surface area contributed by atoms with Gasteiger partial charge in [-0.3, -0.25) is 9.59 Å². The molecule has 134 valence electrons. The first-order valence-electron chi connectivity index (χ1n) is 8.53. The van der Waals surface area contributed by atoms with Crippen LogP contribution in [0.25, 0.3) is 0 Å². The molecule has 2 heterocycles. The number of amides is 2. The van der Waals surface area contributed by atoms with Crippen LogP contribution >= 0.6 is 12.4 Å². The lowest BCUT2D eigenvalue weighted by molar-refractivity contribution is -0.137. The molecule has 0 spiro atoms. The van der Waals surface area contributed by atoms with Gasteiger partial charge >= 0.3 is 0 Å². The third kappa shape index (κ3) is 5.94. The Morgan fingerprint density at radius 3 is 2.65 bits per heavy atom. The zero-order valence-electron chi connectivity index (χ0n) is 14.0. The molecule has 2 fully saturated rings. The third-order valence-corrected chi connectivity index (χ3v) is 4.63. The summed E-state index contributed by atoms with van der Waals surface area (Å²) in [5.74, 6) is 0.327. The van der Waals surface area contributed by atoms with Crippen molar-refractivity contribution in [3.63, 3.8) is 0 Å². The summed E-state index contributed by atoms with van der Waals surface area (Å²) >= 11 is 0. The highest BCUT2D eigenvalue weighted by Crippen LogP contribution is 2.20. The zero-order chi connectivity index (χ0) is 15.9. The molecule has 2 unspecified atom stereocenters. The lowest BCUT2D eigenvalue weighted by Crippen LogP contribution is -2.55. The van der Waals surface area contributed by atoms with Crippen molar-refractivity contribution in [1.29, 1.82) is 0 Å². The maximum Gasteiger partial charge on any atom is 0.239 e. The molecule has 0 aromatic heterocycles. The Labute approximate surface area is 144 Å². The number of carbonyl (C=O) groups excluding carboxylic acids is 2. The zero-order valence-corrected chi connectivity index (χ0v) is 14.8. The van der Waals surface area contributed by atoms with Crippen molar-refractivity contribution in [2.75, 3.05) is 26.3 Å². The third-order valence-electron chi connectivity index (χ3n) is 4.63. The van der Waals surface area contributed by atoms with Crippen molar-refractivity contribution in [2.24, 2.45) is 11.7 Å². The summed E-state index contributed by atoms with van der Waals surface area (Å²) in [4.78, 5) is 26.2. The van der Waals surface area contributed by atoms with Crippen LogP contribution in [0, 0.1) is 5.92 Å². The summed E-state index contributed by atoms with van der Waals surface area (Å²) in [5.41, 5.74) is 6.18. The van der Waals surface area contributed by atoms with E-state index in [1.165, 1.54) is 0 Å². The van der Waals surface area contributed by atoms with Crippen LogP contribution in [0.4, 0.5) is 0 Å². The standard InChI is InChI=1S/C16H29N3O3.ClH/c1-2-4-14(20)18-13-5-3-8-19(11-13)16(21)15(17)12-6-9-22-10-7-12;/h12-13,15H,2-11,17H2,1H3,(H,18,20);1H. The number of nitrogens with two attached hydrogens (primary N) is 1. The summed E-state index contributed by atoms with van der Waals surface area (Å²) in [7, 11) is 0. The van der Waals surface area contributed by atoms with E-state index in [0.717, 1.165) is 38.6 Å². The molecular formula is C16H30ClN3O3. The first-order valence-corrected chi connectivity index (χ1v) is 8.53. The van der Waals surface area contributed by atoms with E-state index >= 15 is 0 Å². The van der Waals surface area contributed by atoms with E-state index in [-0.39, 0.29) is 36.2 Å². The fraction of sp³-hybridized carbons (Fsp3) is 0.875. The van der Waals surface area contributed by atoms with E-state index in [4.69, 9.17) is 10.5 Å². The molecule has 2 saturated heterocycles. The second-order valence-electron chi connectivity index (χ2n) is 6.42. The second-order valence-corrected chi connectivity index (χ2v) is 6.42. The average Bonchev–Trinajstić information content (AvgIpc) is 2.54. The number of carbonyl (C=O) groups is 2. The number of nitrogens with zero attached hydrogens (tertiary/aromatic N) is 1. The highest BCUT2D eigenvalue weighted by Gasteiger charge is 2.32. The molecule has 0 aliphatic carbocycles. The smallest absolute Gasteiger partial charge is 0.239 e. The minimum Gasteiger partial charge on any atom is -0.381 e. The highest BCUT2D eigenvalue weighted by molar-refractivity contribution is 5.85. The topological polar surface area (TPSA) is 84.7 Å². The SMILES string of the molecule is CCCC(=O)NC1CCCN(C(=O)C(N)C2CCOCC2)C1.Cl. The normalized spacial score (nSPS) is 23.7. The largest absolute Gasteiger partial charge is 0.381 e. The molecule has 0 aromatic rings. The van der Waals surface area contributed by atoms with Gasteiger partial charge in [0.05, 0.1) is 6.04 Å². The molecule has 0 radical (unpaired) electrons. The molecule has 0 saturated carbocycles. The number of ether oxygens (including phenoxy) is 1. The Balaban J connectivity index is 0.00000264. The van der Waals surface area contributed by atoms with Crippen molar-refractivity contribution < 1.29 is 14.3 Å². The number of rotatable bonds is 5. The fourth-order valence-electron chi connectivity index (χ4n) is 3.31. The van der Waals surface area contributed by atoms with Crippen LogP contribution in [0.15, 0.2) is 0 Å². The van der Waals surface area contributed by atoms with E-state index in [1.54, 1.807) is 0 Å². The second kappa shape index (κ2) is 10.1. The van der Waals surface area contributed by atoms with Gasteiger partial charge in [-0.1, -0.05) is 6.92 Å². The Morgan fingerprint density at radius 1 is 1.30 bits per heavy atom. The van der Waals surface area contributed by atoms with Crippen LogP contribution in [0.1, 0.15) is 45.4 Å². The van der Waals surface area contributed by atoms with Gasteiger partial charge in [-0.25, -0.2) is 0 Å². The van der Waals surface area contributed by atoms with Gasteiger partial charge in [0.15, 0.2) is 0 Å². The minimum atomic E-state index is -0.436. The minimum absolute atomic E-state index is 0. The van der Waals surface area contributed by atoms with Crippen molar-refractivity contribution >= 4 is 24.2 Å². The van der Waals surface area contributed by atoms with Crippen LogP contribution in [0.3, 0.4) is 0 Å². The number of likely N-dealkylation sites (tertiary alicyclic amines) is 1. The van der Waals surface area contributed by atoms with Crippen LogP contribution < -0.4 is 11.1 Å². The maximum absolute atomic E-state index is 12.6. The molecule has 0 bridgehead atoms. The van der Waals surface area contributed by atoms with Gasteiger partial charge in [-0.2, -0.15) is 0 Å². The van der Waals surface area contributed by atoms with E-state index in [0.29, 0.717) is 26.2 Å². The summed E-state index contributed by atoms with van der Waals surface area (Å²) < 4.78 is 5.33. The Morgan fingerprint density at radius 2 is 2.00 bits per heavy atom. The van der Waals surface area contributed by atoms with E-state index < -0.39 is 6.04 Å². The number of hydrogen-bond donors (Lipinski definition) is 2. The number of nitrogens with one attached hydrogen (secondary N) is 1. The summed E-state index contributed by atoms with van der Waals surface area (Å²) in [6.07, 6.45) is 4.96. The summed E-state index contributed by atoms with van der Waals surface area (Å²) in [5, 5.41) is 3.03. The number of piperidine rings is 1. The maximum atomic E-state index is 12.6. The van der Waals surface area contributed by atoms with Gasteiger partial charge in [-0.05, 0) is 38.0 Å². The van der Waals surface area contributed by atoms with E-state index in [2.05, 4.69) is 5.32 Å². The fourth-order valence-corrected chi connectivity index (χ4v) is 3.31. The molecule has 6 nitrogen and oxygen atoms in total. The van der Waals surface area contributed by atoms with Gasteiger partial charge in [-0.15, -0.1) is 12.4 Å². The monoisotopic (exact) mass is 347 g/mol. The molecule has 2 rings (SSSR count). The van der Waals surface area contributed by atoms with E-state index in [9.17, 15) is 9.59 Å². The molecular weight excluding hydrogens is 318 g/mol. The molecule has 2 atom stereocenters. The van der Waals surface area contributed by atoms with Crippen molar-refractivity contribution in [3.05, 3.63) is 0 Å². The molecule has 2 aliphatic rings. The van der Waals surface area contributed by atoms with Gasteiger partial charge < -0.3 is 20.7 Å². The lowest BCUT2D eigenvalue weighted by atomic mass is 9.91. The van der Waals surface area contributed by atoms with E-state index in [1.807, 2.05) is 11.8 Å². The van der Waals surface area contributed by atoms with Gasteiger partial charge in [0.25, 0.3) is 0 Å². The van der Waals surface area contributed by atoms with Gasteiger partial charge in [0.1, 0.15) is 0 Å². The van der Waals surface area contributed by atoms with Crippen molar-refractivity contribution in [3.8, 4) is 0 Å². The number of hydrogen-bond acceptors (Lipinski definition) is 4. The van der Waals surface area contributed by atoms with Crippen molar-refractivity contribution in [1.82, 2.24) is 10.2 Å². The molecule has 2 amide bonds. The summed E-state index contributed by atoms with van der Waals surface area (Å²) in [6.45, 7) is 4.72. The number of halogens is 1. The summed E-state index contributed by atoms with van der Waals surface area (Å²) in [6, 6.07) is -0.368. The van der Waals surface area contributed by atoms with Gasteiger partial charge in [0.2, 0.25) is 11.8 Å². The predicted octanol–water partition coefficient (Wildman–Crippen LogP) is 1.07. The predicted molar refractivity (Wildman–Crippen MR) is 91.4 cm³/mol. The molecule has 7 heteroatoms.